The molecule has 0 aromatic heterocycles. The van der Waals surface area contributed by atoms with E-state index in [1.54, 1.807) is 27.8 Å². The van der Waals surface area contributed by atoms with E-state index in [2.05, 4.69) is 39.6 Å². The Balaban J connectivity index is 0.00000676. The second kappa shape index (κ2) is 12.4. The van der Waals surface area contributed by atoms with Crippen molar-refractivity contribution >= 4 is 45.5 Å². The molecule has 156 valence electrons. The lowest BCUT2D eigenvalue weighted by atomic mass is 10.2. The molecule has 27 heavy (non-hydrogen) atoms. The van der Waals surface area contributed by atoms with E-state index in [9.17, 15) is 8.42 Å². The van der Waals surface area contributed by atoms with E-state index >= 15 is 0 Å². The number of guanidine groups is 1. The lowest BCUT2D eigenvalue weighted by Crippen LogP contribution is -2.42. The van der Waals surface area contributed by atoms with Gasteiger partial charge in [-0.3, -0.25) is 4.99 Å². The molecular formula is C19H35IN4O2S. The molecule has 0 spiro atoms. The number of hydrogen-bond donors (Lipinski definition) is 2. The first-order valence-electron chi connectivity index (χ1n) is 9.18. The van der Waals surface area contributed by atoms with Crippen LogP contribution in [0.2, 0.25) is 0 Å². The van der Waals surface area contributed by atoms with Crippen molar-refractivity contribution < 1.29 is 8.42 Å². The number of sulfone groups is 1. The average molecular weight is 510 g/mol. The summed E-state index contributed by atoms with van der Waals surface area (Å²) in [5.41, 5.74) is 1.23. The molecule has 0 amide bonds. The molecule has 2 N–H and O–H groups in total. The van der Waals surface area contributed by atoms with Gasteiger partial charge in [-0.15, -0.1) is 24.0 Å². The summed E-state index contributed by atoms with van der Waals surface area (Å²) in [5.74, 6) is 0.728. The first kappa shape index (κ1) is 26.0. The number of nitrogens with zero attached hydrogens (tertiary/aromatic N) is 2. The second-order valence-corrected chi connectivity index (χ2v) is 9.99. The van der Waals surface area contributed by atoms with Crippen LogP contribution in [0.15, 0.2) is 35.3 Å². The van der Waals surface area contributed by atoms with E-state index in [0.29, 0.717) is 12.5 Å². The van der Waals surface area contributed by atoms with Gasteiger partial charge in [-0.25, -0.2) is 8.42 Å². The van der Waals surface area contributed by atoms with Gasteiger partial charge in [0.1, 0.15) is 0 Å². The SMILES string of the molecule is CCN(CCCNC(=NC)NCCS(=O)(=O)C(C)(C)C)c1ccccc1.I. The Labute approximate surface area is 182 Å². The molecular weight excluding hydrogens is 475 g/mol. The van der Waals surface area contributed by atoms with Crippen molar-refractivity contribution in [2.75, 3.05) is 43.9 Å². The van der Waals surface area contributed by atoms with Crippen LogP contribution in [-0.2, 0) is 9.84 Å². The van der Waals surface area contributed by atoms with Gasteiger partial charge in [0.25, 0.3) is 0 Å². The zero-order chi connectivity index (χ0) is 19.6. The fourth-order valence-electron chi connectivity index (χ4n) is 2.42. The van der Waals surface area contributed by atoms with Crippen LogP contribution in [-0.4, -0.2) is 58.1 Å². The molecule has 0 saturated carbocycles. The van der Waals surface area contributed by atoms with E-state index < -0.39 is 14.6 Å². The molecule has 0 aliphatic rings. The van der Waals surface area contributed by atoms with Gasteiger partial charge in [0.2, 0.25) is 0 Å². The molecule has 0 aliphatic carbocycles. The predicted octanol–water partition coefficient (Wildman–Crippen LogP) is 2.90. The van der Waals surface area contributed by atoms with Gasteiger partial charge in [-0.1, -0.05) is 18.2 Å². The Bertz CT molecular complexity index is 658. The van der Waals surface area contributed by atoms with Crippen LogP contribution >= 0.6 is 24.0 Å². The maximum absolute atomic E-state index is 12.1. The third-order valence-electron chi connectivity index (χ3n) is 4.22. The molecule has 0 heterocycles. The molecule has 1 aromatic rings. The lowest BCUT2D eigenvalue weighted by molar-refractivity contribution is 0.559. The monoisotopic (exact) mass is 510 g/mol. The van der Waals surface area contributed by atoms with Gasteiger partial charge in [0.05, 0.1) is 10.5 Å². The first-order chi connectivity index (χ1) is 12.2. The van der Waals surface area contributed by atoms with Crippen LogP contribution in [0.5, 0.6) is 0 Å². The molecule has 0 aliphatic heterocycles. The summed E-state index contributed by atoms with van der Waals surface area (Å²) in [6.45, 7) is 10.4. The van der Waals surface area contributed by atoms with Crippen molar-refractivity contribution in [3.63, 3.8) is 0 Å². The Morgan fingerprint density at radius 1 is 1.11 bits per heavy atom. The normalized spacial score (nSPS) is 12.3. The Morgan fingerprint density at radius 2 is 1.70 bits per heavy atom. The summed E-state index contributed by atoms with van der Waals surface area (Å²) < 4.78 is 23.5. The highest BCUT2D eigenvalue weighted by Gasteiger charge is 2.28. The summed E-state index contributed by atoms with van der Waals surface area (Å²) in [7, 11) is -1.43. The maximum atomic E-state index is 12.1. The van der Waals surface area contributed by atoms with Crippen molar-refractivity contribution in [2.24, 2.45) is 4.99 Å². The Morgan fingerprint density at radius 3 is 2.22 bits per heavy atom. The van der Waals surface area contributed by atoms with Crippen LogP contribution in [0.25, 0.3) is 0 Å². The highest BCUT2D eigenvalue weighted by atomic mass is 127. The number of hydrogen-bond acceptors (Lipinski definition) is 4. The van der Waals surface area contributed by atoms with Gasteiger partial charge < -0.3 is 15.5 Å². The molecule has 0 radical (unpaired) electrons. The van der Waals surface area contributed by atoms with Crippen molar-refractivity contribution in [2.45, 2.75) is 38.9 Å². The molecule has 0 bridgehead atoms. The Kier molecular flexibility index (Phi) is 12.0. The van der Waals surface area contributed by atoms with Crippen LogP contribution in [0.1, 0.15) is 34.1 Å². The fraction of sp³-hybridized carbons (Fsp3) is 0.632. The smallest absolute Gasteiger partial charge is 0.191 e. The number of halogens is 1. The predicted molar refractivity (Wildman–Crippen MR) is 127 cm³/mol. The van der Waals surface area contributed by atoms with Gasteiger partial charge >= 0.3 is 0 Å². The zero-order valence-electron chi connectivity index (χ0n) is 17.2. The average Bonchev–Trinajstić information content (AvgIpc) is 2.60. The van der Waals surface area contributed by atoms with Crippen LogP contribution in [0.4, 0.5) is 5.69 Å². The van der Waals surface area contributed by atoms with Crippen molar-refractivity contribution in [3.8, 4) is 0 Å². The number of para-hydroxylation sites is 1. The van der Waals surface area contributed by atoms with E-state index in [4.69, 9.17) is 0 Å². The van der Waals surface area contributed by atoms with Crippen molar-refractivity contribution in [1.29, 1.82) is 0 Å². The summed E-state index contributed by atoms with van der Waals surface area (Å²) in [5, 5.41) is 6.32. The van der Waals surface area contributed by atoms with Crippen LogP contribution in [0, 0.1) is 0 Å². The van der Waals surface area contributed by atoms with Gasteiger partial charge in [0, 0.05) is 38.9 Å². The third-order valence-corrected chi connectivity index (χ3v) is 6.83. The molecule has 8 heteroatoms. The van der Waals surface area contributed by atoms with Crippen molar-refractivity contribution in [3.05, 3.63) is 30.3 Å². The molecule has 6 nitrogen and oxygen atoms in total. The minimum Gasteiger partial charge on any atom is -0.372 e. The first-order valence-corrected chi connectivity index (χ1v) is 10.8. The second-order valence-electron chi connectivity index (χ2n) is 7.13. The standard InChI is InChI=1S/C19H34N4O2S.HI/c1-6-23(17-11-8-7-9-12-17)15-10-13-21-18(20-5)22-14-16-26(24,25)19(2,3)4;/h7-9,11-12H,6,10,13-16H2,1-5H3,(H2,20,21,22);1H. The summed E-state index contributed by atoms with van der Waals surface area (Å²) in [6.07, 6.45) is 0.962. The molecule has 1 aromatic carbocycles. The van der Waals surface area contributed by atoms with Crippen LogP contribution in [0.3, 0.4) is 0 Å². The van der Waals surface area contributed by atoms with Crippen molar-refractivity contribution in [1.82, 2.24) is 10.6 Å². The number of anilines is 1. The molecule has 0 saturated heterocycles. The number of benzene rings is 1. The molecule has 0 unspecified atom stereocenters. The highest BCUT2D eigenvalue weighted by Crippen LogP contribution is 2.15. The van der Waals surface area contributed by atoms with E-state index in [1.165, 1.54) is 5.69 Å². The van der Waals surface area contributed by atoms with E-state index in [1.807, 2.05) is 18.2 Å². The largest absolute Gasteiger partial charge is 0.372 e. The number of aliphatic imine (C=N–C) groups is 1. The third kappa shape index (κ3) is 9.14. The highest BCUT2D eigenvalue weighted by molar-refractivity contribution is 14.0. The molecule has 0 fully saturated rings. The quantitative estimate of drug-likeness (QED) is 0.231. The zero-order valence-corrected chi connectivity index (χ0v) is 20.3. The van der Waals surface area contributed by atoms with E-state index in [-0.39, 0.29) is 29.7 Å². The lowest BCUT2D eigenvalue weighted by Gasteiger charge is -2.23. The topological polar surface area (TPSA) is 73.8 Å². The Hall–Kier alpha value is -1.03. The van der Waals surface area contributed by atoms with Gasteiger partial charge in [-0.2, -0.15) is 0 Å². The number of rotatable bonds is 9. The molecule has 0 atom stereocenters. The minimum absolute atomic E-state index is 0. The summed E-state index contributed by atoms with van der Waals surface area (Å²) in [4.78, 5) is 6.48. The fourth-order valence-corrected chi connectivity index (χ4v) is 3.40. The van der Waals surface area contributed by atoms with Crippen LogP contribution < -0.4 is 15.5 Å². The minimum atomic E-state index is -3.12. The molecule has 1 rings (SSSR count). The van der Waals surface area contributed by atoms with Gasteiger partial charge in [-0.05, 0) is 46.2 Å². The summed E-state index contributed by atoms with van der Waals surface area (Å²) >= 11 is 0. The number of nitrogens with one attached hydrogen (secondary N) is 2. The van der Waals surface area contributed by atoms with E-state index in [0.717, 1.165) is 26.1 Å². The maximum Gasteiger partial charge on any atom is 0.191 e. The van der Waals surface area contributed by atoms with Gasteiger partial charge in [0.15, 0.2) is 15.8 Å². The summed E-state index contributed by atoms with van der Waals surface area (Å²) in [6, 6.07) is 10.4.